The fourth-order valence-electron chi connectivity index (χ4n) is 3.40. The summed E-state index contributed by atoms with van der Waals surface area (Å²) in [5.74, 6) is 0.206. The summed E-state index contributed by atoms with van der Waals surface area (Å²) in [5.41, 5.74) is 2.62. The van der Waals surface area contributed by atoms with Gasteiger partial charge < -0.3 is 10.6 Å². The van der Waals surface area contributed by atoms with Crippen molar-refractivity contribution in [3.63, 3.8) is 0 Å². The molecule has 0 saturated heterocycles. The van der Waals surface area contributed by atoms with Crippen molar-refractivity contribution in [1.82, 2.24) is 25.4 Å². The van der Waals surface area contributed by atoms with Crippen LogP contribution in [0.15, 0.2) is 30.7 Å². The summed E-state index contributed by atoms with van der Waals surface area (Å²) in [6.45, 7) is 4.98. The predicted molar refractivity (Wildman–Crippen MR) is 97.5 cm³/mol. The Bertz CT molecular complexity index is 771. The number of rotatable bonds is 6. The zero-order valence-corrected chi connectivity index (χ0v) is 15.2. The summed E-state index contributed by atoms with van der Waals surface area (Å²) < 4.78 is 1.91. The van der Waals surface area contributed by atoms with E-state index in [1.807, 2.05) is 23.7 Å². The van der Waals surface area contributed by atoms with Crippen molar-refractivity contribution in [3.8, 4) is 0 Å². The van der Waals surface area contributed by atoms with Crippen molar-refractivity contribution in [2.24, 2.45) is 5.92 Å². The first kappa shape index (κ1) is 18.1. The molecule has 0 unspecified atom stereocenters. The molecule has 0 aliphatic carbocycles. The van der Waals surface area contributed by atoms with Gasteiger partial charge in [-0.25, -0.2) is 0 Å². The molecule has 1 aliphatic rings. The molecule has 0 saturated carbocycles. The summed E-state index contributed by atoms with van der Waals surface area (Å²) >= 11 is 0. The van der Waals surface area contributed by atoms with Crippen LogP contribution < -0.4 is 10.6 Å². The van der Waals surface area contributed by atoms with E-state index >= 15 is 0 Å². The highest BCUT2D eigenvalue weighted by atomic mass is 16.2. The second kappa shape index (κ2) is 8.12. The van der Waals surface area contributed by atoms with E-state index in [0.717, 1.165) is 37.1 Å². The van der Waals surface area contributed by atoms with Crippen molar-refractivity contribution < 1.29 is 9.59 Å². The molecule has 7 heteroatoms. The van der Waals surface area contributed by atoms with Gasteiger partial charge in [-0.05, 0) is 42.9 Å². The van der Waals surface area contributed by atoms with Gasteiger partial charge in [-0.3, -0.25) is 19.3 Å². The Morgan fingerprint density at radius 3 is 2.81 bits per heavy atom. The first-order valence-corrected chi connectivity index (χ1v) is 9.08. The Labute approximate surface area is 153 Å². The average Bonchev–Trinajstić information content (AvgIpc) is 3.08. The summed E-state index contributed by atoms with van der Waals surface area (Å²) in [7, 11) is 0. The van der Waals surface area contributed by atoms with Crippen LogP contribution in [0.4, 0.5) is 0 Å². The predicted octanol–water partition coefficient (Wildman–Crippen LogP) is 1.86. The van der Waals surface area contributed by atoms with Crippen LogP contribution in [0, 0.1) is 5.92 Å². The SMILES string of the molecule is CC[C@H](NC(=O)c1cnn2c1C[C@@H](CNC(C)=O)CC2)c1ccncc1. The van der Waals surface area contributed by atoms with E-state index in [0.29, 0.717) is 18.0 Å². The lowest BCUT2D eigenvalue weighted by Gasteiger charge is -2.24. The minimum absolute atomic E-state index is 0.0230. The quantitative estimate of drug-likeness (QED) is 0.828. The van der Waals surface area contributed by atoms with Crippen LogP contribution in [0.5, 0.6) is 0 Å². The molecular weight excluding hydrogens is 330 g/mol. The molecule has 26 heavy (non-hydrogen) atoms. The highest BCUT2D eigenvalue weighted by Crippen LogP contribution is 2.24. The van der Waals surface area contributed by atoms with Crippen LogP contribution in [-0.2, 0) is 17.8 Å². The van der Waals surface area contributed by atoms with Gasteiger partial charge in [0.15, 0.2) is 0 Å². The molecule has 3 heterocycles. The molecule has 2 aromatic rings. The molecule has 2 amide bonds. The van der Waals surface area contributed by atoms with Gasteiger partial charge in [0.25, 0.3) is 5.91 Å². The zero-order valence-electron chi connectivity index (χ0n) is 15.2. The monoisotopic (exact) mass is 355 g/mol. The highest BCUT2D eigenvalue weighted by Gasteiger charge is 2.26. The van der Waals surface area contributed by atoms with Gasteiger partial charge in [-0.15, -0.1) is 0 Å². The fraction of sp³-hybridized carbons (Fsp3) is 0.474. The maximum Gasteiger partial charge on any atom is 0.255 e. The third-order valence-electron chi connectivity index (χ3n) is 4.89. The average molecular weight is 355 g/mol. The Morgan fingerprint density at radius 1 is 1.35 bits per heavy atom. The van der Waals surface area contributed by atoms with Gasteiger partial charge in [-0.2, -0.15) is 5.10 Å². The Hall–Kier alpha value is -2.70. The molecule has 0 radical (unpaired) electrons. The smallest absolute Gasteiger partial charge is 0.255 e. The second-order valence-corrected chi connectivity index (χ2v) is 6.74. The Morgan fingerprint density at radius 2 is 2.12 bits per heavy atom. The van der Waals surface area contributed by atoms with Crippen molar-refractivity contribution in [3.05, 3.63) is 47.5 Å². The van der Waals surface area contributed by atoms with E-state index in [1.165, 1.54) is 6.92 Å². The van der Waals surface area contributed by atoms with Crippen LogP contribution in [-0.4, -0.2) is 33.1 Å². The number of aryl methyl sites for hydroxylation is 1. The molecular formula is C19H25N5O2. The van der Waals surface area contributed by atoms with Gasteiger partial charge in [0.1, 0.15) is 0 Å². The van der Waals surface area contributed by atoms with Crippen LogP contribution >= 0.6 is 0 Å². The molecule has 0 bridgehead atoms. The Balaban J connectivity index is 1.71. The van der Waals surface area contributed by atoms with Gasteiger partial charge in [0.05, 0.1) is 23.5 Å². The minimum atomic E-state index is -0.102. The lowest BCUT2D eigenvalue weighted by Crippen LogP contribution is -2.33. The van der Waals surface area contributed by atoms with E-state index in [2.05, 4.69) is 20.7 Å². The van der Waals surface area contributed by atoms with Crippen molar-refractivity contribution in [1.29, 1.82) is 0 Å². The standard InChI is InChI=1S/C19H25N5O2/c1-3-17(15-4-7-20-8-5-15)23-19(26)16-12-22-24-9-6-14(10-18(16)24)11-21-13(2)25/h4-5,7-8,12,14,17H,3,6,9-11H2,1-2H3,(H,21,25)(H,23,26)/t14-,17-/m0/s1. The second-order valence-electron chi connectivity index (χ2n) is 6.74. The normalized spacial score (nSPS) is 17.2. The molecule has 0 aromatic carbocycles. The number of carbonyl (C=O) groups is 2. The van der Waals surface area contributed by atoms with E-state index in [1.54, 1.807) is 18.6 Å². The van der Waals surface area contributed by atoms with Crippen molar-refractivity contribution in [2.45, 2.75) is 45.7 Å². The number of fused-ring (bicyclic) bond motifs is 1. The third-order valence-corrected chi connectivity index (χ3v) is 4.89. The van der Waals surface area contributed by atoms with Crippen molar-refractivity contribution >= 4 is 11.8 Å². The molecule has 2 aromatic heterocycles. The largest absolute Gasteiger partial charge is 0.356 e. The Kier molecular flexibility index (Phi) is 5.65. The zero-order chi connectivity index (χ0) is 18.5. The molecule has 138 valence electrons. The van der Waals surface area contributed by atoms with Gasteiger partial charge in [-0.1, -0.05) is 6.92 Å². The molecule has 2 N–H and O–H groups in total. The maximum absolute atomic E-state index is 12.8. The summed E-state index contributed by atoms with van der Waals surface area (Å²) in [5, 5.41) is 10.4. The molecule has 1 aliphatic heterocycles. The van der Waals surface area contributed by atoms with E-state index < -0.39 is 0 Å². The molecule has 2 atom stereocenters. The number of aromatic nitrogens is 3. The van der Waals surface area contributed by atoms with E-state index in [4.69, 9.17) is 0 Å². The van der Waals surface area contributed by atoms with Crippen LogP contribution in [0.25, 0.3) is 0 Å². The van der Waals surface area contributed by atoms with Crippen LogP contribution in [0.1, 0.15) is 54.3 Å². The number of amides is 2. The lowest BCUT2D eigenvalue weighted by molar-refractivity contribution is -0.119. The first-order valence-electron chi connectivity index (χ1n) is 9.08. The first-order chi connectivity index (χ1) is 12.6. The number of hydrogen-bond acceptors (Lipinski definition) is 4. The molecule has 0 spiro atoms. The molecule has 0 fully saturated rings. The fourth-order valence-corrected chi connectivity index (χ4v) is 3.40. The number of nitrogens with zero attached hydrogens (tertiary/aromatic N) is 3. The van der Waals surface area contributed by atoms with Gasteiger partial charge in [0, 0.05) is 32.4 Å². The third kappa shape index (κ3) is 4.09. The topological polar surface area (TPSA) is 88.9 Å². The summed E-state index contributed by atoms with van der Waals surface area (Å²) in [6, 6.07) is 3.79. The molecule has 3 rings (SSSR count). The summed E-state index contributed by atoms with van der Waals surface area (Å²) in [6.07, 6.45) is 7.62. The number of nitrogens with one attached hydrogen (secondary N) is 2. The summed E-state index contributed by atoms with van der Waals surface area (Å²) in [4.78, 5) is 28.0. The lowest BCUT2D eigenvalue weighted by atomic mass is 9.94. The number of pyridine rings is 1. The number of carbonyl (C=O) groups excluding carboxylic acids is 2. The van der Waals surface area contributed by atoms with Gasteiger partial charge in [0.2, 0.25) is 5.91 Å². The maximum atomic E-state index is 12.8. The van der Waals surface area contributed by atoms with Crippen LogP contribution in [0.2, 0.25) is 0 Å². The van der Waals surface area contributed by atoms with E-state index in [9.17, 15) is 9.59 Å². The van der Waals surface area contributed by atoms with Gasteiger partial charge >= 0.3 is 0 Å². The van der Waals surface area contributed by atoms with Crippen LogP contribution in [0.3, 0.4) is 0 Å². The number of hydrogen-bond donors (Lipinski definition) is 2. The van der Waals surface area contributed by atoms with E-state index in [-0.39, 0.29) is 17.9 Å². The molecule has 7 nitrogen and oxygen atoms in total. The minimum Gasteiger partial charge on any atom is -0.356 e. The van der Waals surface area contributed by atoms with Crippen molar-refractivity contribution in [2.75, 3.05) is 6.54 Å². The highest BCUT2D eigenvalue weighted by molar-refractivity contribution is 5.95.